The molecule has 1 fully saturated rings. The molecule has 0 spiro atoms. The van der Waals surface area contributed by atoms with Crippen molar-refractivity contribution in [1.82, 2.24) is 9.97 Å². The molecule has 2 heterocycles. The lowest BCUT2D eigenvalue weighted by Gasteiger charge is -2.28. The van der Waals surface area contributed by atoms with Crippen molar-refractivity contribution in [3.63, 3.8) is 0 Å². The summed E-state index contributed by atoms with van der Waals surface area (Å²) in [5.74, 6) is 6.04. The van der Waals surface area contributed by atoms with Gasteiger partial charge < -0.3 is 10.1 Å². The summed E-state index contributed by atoms with van der Waals surface area (Å²) in [4.78, 5) is 18.8. The summed E-state index contributed by atoms with van der Waals surface area (Å²) >= 11 is 0. The van der Waals surface area contributed by atoms with Crippen molar-refractivity contribution in [2.45, 2.75) is 32.7 Å². The molecule has 116 valence electrons. The van der Waals surface area contributed by atoms with Gasteiger partial charge in [-0.25, -0.2) is 10.8 Å². The van der Waals surface area contributed by atoms with E-state index in [-0.39, 0.29) is 29.2 Å². The minimum atomic E-state index is -0.478. The lowest BCUT2D eigenvalue weighted by molar-refractivity contribution is -0.385. The van der Waals surface area contributed by atoms with Gasteiger partial charge in [0.15, 0.2) is 0 Å². The van der Waals surface area contributed by atoms with Crippen molar-refractivity contribution in [1.29, 1.82) is 0 Å². The average Bonchev–Trinajstić information content (AvgIpc) is 2.47. The standard InChI is InChI=1S/C12H20N6O3/c1-7(9-3-5-21-6-4-9)14-11-10(18(19)20)8(2)15-12(16-11)17-13/h7,9H,3-6,13H2,1-2H3,(H2,14,15,16,17). The molecule has 0 radical (unpaired) electrons. The molecule has 21 heavy (non-hydrogen) atoms. The maximum absolute atomic E-state index is 11.2. The van der Waals surface area contributed by atoms with E-state index in [1.807, 2.05) is 6.92 Å². The van der Waals surface area contributed by atoms with E-state index < -0.39 is 4.92 Å². The fourth-order valence-corrected chi connectivity index (χ4v) is 2.50. The Bertz CT molecular complexity index is 518. The molecule has 1 atom stereocenters. The predicted octanol–water partition coefficient (Wildman–Crippen LogP) is 1.21. The number of nitrogen functional groups attached to an aromatic ring is 1. The molecule has 1 aromatic rings. The fourth-order valence-electron chi connectivity index (χ4n) is 2.50. The molecule has 0 bridgehead atoms. The van der Waals surface area contributed by atoms with E-state index in [0.717, 1.165) is 26.1 Å². The first-order chi connectivity index (χ1) is 10.0. The normalized spacial score (nSPS) is 17.3. The van der Waals surface area contributed by atoms with Crippen molar-refractivity contribution in [3.8, 4) is 0 Å². The zero-order valence-corrected chi connectivity index (χ0v) is 12.1. The third kappa shape index (κ3) is 3.56. The number of anilines is 2. The molecule has 1 aliphatic rings. The number of rotatable bonds is 5. The molecule has 0 aliphatic carbocycles. The number of hydrogen-bond acceptors (Lipinski definition) is 8. The monoisotopic (exact) mass is 296 g/mol. The maximum atomic E-state index is 11.2. The molecule has 1 aliphatic heterocycles. The van der Waals surface area contributed by atoms with Gasteiger partial charge in [0.25, 0.3) is 0 Å². The van der Waals surface area contributed by atoms with Gasteiger partial charge in [-0.2, -0.15) is 4.98 Å². The van der Waals surface area contributed by atoms with Crippen LogP contribution < -0.4 is 16.6 Å². The van der Waals surface area contributed by atoms with Crippen molar-refractivity contribution in [2.24, 2.45) is 11.8 Å². The molecule has 0 aromatic carbocycles. The summed E-state index contributed by atoms with van der Waals surface area (Å²) < 4.78 is 5.33. The van der Waals surface area contributed by atoms with Gasteiger partial charge in [-0.15, -0.1) is 0 Å². The van der Waals surface area contributed by atoms with Crippen LogP contribution in [-0.2, 0) is 4.74 Å². The predicted molar refractivity (Wildman–Crippen MR) is 77.9 cm³/mol. The Morgan fingerprint density at radius 3 is 2.67 bits per heavy atom. The van der Waals surface area contributed by atoms with Crippen LogP contribution in [0.15, 0.2) is 0 Å². The number of nitrogens with one attached hydrogen (secondary N) is 2. The average molecular weight is 296 g/mol. The minimum absolute atomic E-state index is 0.0486. The lowest BCUT2D eigenvalue weighted by Crippen LogP contribution is -2.31. The van der Waals surface area contributed by atoms with Crippen molar-refractivity contribution in [2.75, 3.05) is 24.0 Å². The molecule has 1 unspecified atom stereocenters. The van der Waals surface area contributed by atoms with Crippen LogP contribution in [0.4, 0.5) is 17.5 Å². The van der Waals surface area contributed by atoms with Gasteiger partial charge in [-0.1, -0.05) is 0 Å². The van der Waals surface area contributed by atoms with Crippen LogP contribution in [0.5, 0.6) is 0 Å². The van der Waals surface area contributed by atoms with Crippen LogP contribution in [0.1, 0.15) is 25.5 Å². The Labute approximate surface area is 122 Å². The van der Waals surface area contributed by atoms with Gasteiger partial charge in [-0.3, -0.25) is 15.5 Å². The Morgan fingerprint density at radius 2 is 2.10 bits per heavy atom. The third-order valence-corrected chi connectivity index (χ3v) is 3.71. The van der Waals surface area contributed by atoms with Gasteiger partial charge in [0.1, 0.15) is 5.69 Å². The first kappa shape index (κ1) is 15.4. The molecule has 9 heteroatoms. The number of aromatic nitrogens is 2. The second kappa shape index (κ2) is 6.64. The summed E-state index contributed by atoms with van der Waals surface area (Å²) in [5, 5.41) is 14.3. The van der Waals surface area contributed by atoms with Crippen LogP contribution >= 0.6 is 0 Å². The maximum Gasteiger partial charge on any atom is 0.332 e. The molecule has 1 saturated heterocycles. The van der Waals surface area contributed by atoms with E-state index in [1.165, 1.54) is 0 Å². The zero-order valence-electron chi connectivity index (χ0n) is 12.1. The molecule has 9 nitrogen and oxygen atoms in total. The van der Waals surface area contributed by atoms with Crippen molar-refractivity contribution in [3.05, 3.63) is 15.8 Å². The largest absolute Gasteiger partial charge is 0.381 e. The van der Waals surface area contributed by atoms with Gasteiger partial charge in [0.05, 0.1) is 4.92 Å². The molecule has 1 aromatic heterocycles. The van der Waals surface area contributed by atoms with Crippen LogP contribution in [-0.4, -0.2) is 34.1 Å². The first-order valence-corrected chi connectivity index (χ1v) is 6.87. The van der Waals surface area contributed by atoms with Gasteiger partial charge in [-0.05, 0) is 32.6 Å². The van der Waals surface area contributed by atoms with Gasteiger partial charge >= 0.3 is 5.69 Å². The van der Waals surface area contributed by atoms with E-state index in [4.69, 9.17) is 10.6 Å². The summed E-state index contributed by atoms with van der Waals surface area (Å²) in [6.45, 7) is 4.99. The van der Waals surface area contributed by atoms with E-state index in [0.29, 0.717) is 5.92 Å². The molecular weight excluding hydrogens is 276 g/mol. The van der Waals surface area contributed by atoms with Crippen molar-refractivity contribution < 1.29 is 9.66 Å². The van der Waals surface area contributed by atoms with Crippen molar-refractivity contribution >= 4 is 17.5 Å². The van der Waals surface area contributed by atoms with Crippen LogP contribution in [0, 0.1) is 23.0 Å². The quantitative estimate of drug-likeness (QED) is 0.420. The third-order valence-electron chi connectivity index (χ3n) is 3.71. The van der Waals surface area contributed by atoms with Crippen LogP contribution in [0.3, 0.4) is 0 Å². The van der Waals surface area contributed by atoms with Gasteiger partial charge in [0, 0.05) is 19.3 Å². The fraction of sp³-hybridized carbons (Fsp3) is 0.667. The van der Waals surface area contributed by atoms with E-state index in [2.05, 4.69) is 20.7 Å². The number of nitrogens with zero attached hydrogens (tertiary/aromatic N) is 3. The molecular formula is C12H20N6O3. The Morgan fingerprint density at radius 1 is 1.43 bits per heavy atom. The number of hydrazine groups is 1. The topological polar surface area (TPSA) is 128 Å². The van der Waals surface area contributed by atoms with Crippen LogP contribution in [0.25, 0.3) is 0 Å². The molecule has 0 amide bonds. The second-order valence-corrected chi connectivity index (χ2v) is 5.11. The number of aryl methyl sites for hydroxylation is 1. The number of ether oxygens (including phenoxy) is 1. The minimum Gasteiger partial charge on any atom is -0.381 e. The van der Waals surface area contributed by atoms with E-state index in [9.17, 15) is 10.1 Å². The smallest absolute Gasteiger partial charge is 0.332 e. The van der Waals surface area contributed by atoms with E-state index in [1.54, 1.807) is 6.92 Å². The number of hydrogen-bond donors (Lipinski definition) is 3. The Balaban J connectivity index is 2.24. The summed E-state index contributed by atoms with van der Waals surface area (Å²) in [5.41, 5.74) is 2.47. The summed E-state index contributed by atoms with van der Waals surface area (Å²) in [6, 6.07) is 0.0486. The highest BCUT2D eigenvalue weighted by molar-refractivity contribution is 5.61. The summed E-state index contributed by atoms with van der Waals surface area (Å²) in [6.07, 6.45) is 1.85. The van der Waals surface area contributed by atoms with Crippen LogP contribution in [0.2, 0.25) is 0 Å². The number of nitrogens with two attached hydrogens (primary N) is 1. The molecule has 0 saturated carbocycles. The first-order valence-electron chi connectivity index (χ1n) is 6.87. The highest BCUT2D eigenvalue weighted by Crippen LogP contribution is 2.29. The van der Waals surface area contributed by atoms with Gasteiger partial charge in [0.2, 0.25) is 11.8 Å². The Hall–Kier alpha value is -2.00. The lowest BCUT2D eigenvalue weighted by atomic mass is 9.93. The second-order valence-electron chi connectivity index (χ2n) is 5.11. The SMILES string of the molecule is Cc1nc(NN)nc(NC(C)C2CCOCC2)c1[N+](=O)[O-]. The highest BCUT2D eigenvalue weighted by atomic mass is 16.6. The number of nitro groups is 1. The molecule has 2 rings (SSSR count). The van der Waals surface area contributed by atoms with E-state index >= 15 is 0 Å². The summed E-state index contributed by atoms with van der Waals surface area (Å²) in [7, 11) is 0. The highest BCUT2D eigenvalue weighted by Gasteiger charge is 2.26. The zero-order chi connectivity index (χ0) is 15.4. The Kier molecular flexibility index (Phi) is 4.86. The molecule has 4 N–H and O–H groups in total.